The fourth-order valence-corrected chi connectivity index (χ4v) is 3.39. The molecule has 2 aromatic carbocycles. The van der Waals surface area contributed by atoms with Gasteiger partial charge in [0.1, 0.15) is 0 Å². The van der Waals surface area contributed by atoms with Gasteiger partial charge in [0, 0.05) is 28.8 Å². The van der Waals surface area contributed by atoms with E-state index in [2.05, 4.69) is 47.2 Å². The van der Waals surface area contributed by atoms with Gasteiger partial charge in [0.05, 0.1) is 5.92 Å². The van der Waals surface area contributed by atoms with Gasteiger partial charge >= 0.3 is 0 Å². The molecule has 136 valence electrons. The second-order valence-electron chi connectivity index (χ2n) is 6.80. The Morgan fingerprint density at radius 2 is 1.85 bits per heavy atom. The van der Waals surface area contributed by atoms with Crippen LogP contribution in [0, 0.1) is 5.92 Å². The summed E-state index contributed by atoms with van der Waals surface area (Å²) in [6.45, 7) is 4.76. The van der Waals surface area contributed by atoms with Crippen molar-refractivity contribution in [2.45, 2.75) is 32.6 Å². The van der Waals surface area contributed by atoms with Crippen LogP contribution in [-0.2, 0) is 9.59 Å². The maximum absolute atomic E-state index is 12.6. The Morgan fingerprint density at radius 1 is 1.19 bits per heavy atom. The van der Waals surface area contributed by atoms with Crippen LogP contribution in [0.5, 0.6) is 0 Å². The van der Waals surface area contributed by atoms with Gasteiger partial charge in [0.2, 0.25) is 11.8 Å². The topological polar surface area (TPSA) is 49.4 Å². The number of halogens is 1. The molecule has 0 bridgehead atoms. The van der Waals surface area contributed by atoms with Crippen LogP contribution >= 0.6 is 15.9 Å². The summed E-state index contributed by atoms with van der Waals surface area (Å²) in [5.41, 5.74) is 2.87. The summed E-state index contributed by atoms with van der Waals surface area (Å²) in [4.78, 5) is 26.6. The molecule has 1 fully saturated rings. The molecule has 0 aromatic heterocycles. The highest BCUT2D eigenvalue weighted by Crippen LogP contribution is 2.27. The Labute approximate surface area is 162 Å². The molecule has 1 N–H and O–H groups in total. The summed E-state index contributed by atoms with van der Waals surface area (Å²) in [6, 6.07) is 15.5. The maximum Gasteiger partial charge on any atom is 0.229 e. The van der Waals surface area contributed by atoms with Gasteiger partial charge in [-0.25, -0.2) is 0 Å². The first-order valence-electron chi connectivity index (χ1n) is 8.94. The molecular weight excluding hydrogens is 392 g/mol. The molecule has 26 heavy (non-hydrogen) atoms. The predicted octanol–water partition coefficient (Wildman–Crippen LogP) is 4.95. The smallest absolute Gasteiger partial charge is 0.229 e. The summed E-state index contributed by atoms with van der Waals surface area (Å²) in [6.07, 6.45) is 1.33. The van der Waals surface area contributed by atoms with Gasteiger partial charge in [-0.3, -0.25) is 9.59 Å². The number of nitrogens with one attached hydrogen (secondary N) is 1. The monoisotopic (exact) mass is 414 g/mol. The lowest BCUT2D eigenvalue weighted by atomic mass is 9.98. The Hall–Kier alpha value is -2.14. The highest BCUT2D eigenvalue weighted by Gasteiger charge is 2.35. The van der Waals surface area contributed by atoms with Crippen molar-refractivity contribution in [3.63, 3.8) is 0 Å². The average molecular weight is 415 g/mol. The van der Waals surface area contributed by atoms with Crippen LogP contribution in [0.3, 0.4) is 0 Å². The quantitative estimate of drug-likeness (QED) is 0.751. The normalized spacial score (nSPS) is 18.0. The Morgan fingerprint density at radius 3 is 2.46 bits per heavy atom. The third-order valence-electron chi connectivity index (χ3n) is 4.99. The van der Waals surface area contributed by atoms with Crippen LogP contribution in [0.25, 0.3) is 0 Å². The highest BCUT2D eigenvalue weighted by atomic mass is 79.9. The van der Waals surface area contributed by atoms with Gasteiger partial charge in [-0.2, -0.15) is 0 Å². The van der Waals surface area contributed by atoms with Crippen LogP contribution in [0.2, 0.25) is 0 Å². The Bertz CT molecular complexity index is 787. The van der Waals surface area contributed by atoms with E-state index < -0.39 is 0 Å². The van der Waals surface area contributed by atoms with Crippen molar-refractivity contribution in [1.82, 2.24) is 0 Å². The number of hydrogen-bond acceptors (Lipinski definition) is 2. The summed E-state index contributed by atoms with van der Waals surface area (Å²) in [7, 11) is 0. The van der Waals surface area contributed by atoms with Gasteiger partial charge < -0.3 is 10.2 Å². The molecule has 2 atom stereocenters. The molecule has 3 rings (SSSR count). The number of rotatable bonds is 5. The van der Waals surface area contributed by atoms with Crippen LogP contribution in [0.1, 0.15) is 38.2 Å². The van der Waals surface area contributed by atoms with Crippen LogP contribution in [0.15, 0.2) is 53.0 Å². The van der Waals surface area contributed by atoms with Crippen molar-refractivity contribution in [2.24, 2.45) is 5.92 Å². The standard InChI is InChI=1S/C21H23BrN2O2/c1-3-14(2)15-4-8-18(9-5-15)23-21(26)16-12-20(25)24(13-16)19-10-6-17(22)7-11-19/h4-11,14,16H,3,12-13H2,1-2H3,(H,23,26)/t14-,16+/m1/s1. The third kappa shape index (κ3) is 4.15. The van der Waals surface area contributed by atoms with Gasteiger partial charge in [-0.1, -0.05) is 41.9 Å². The zero-order valence-corrected chi connectivity index (χ0v) is 16.6. The predicted molar refractivity (Wildman–Crippen MR) is 108 cm³/mol. The van der Waals surface area contributed by atoms with Crippen molar-refractivity contribution in [3.8, 4) is 0 Å². The average Bonchev–Trinajstić information content (AvgIpc) is 3.04. The maximum atomic E-state index is 12.6. The lowest BCUT2D eigenvalue weighted by Gasteiger charge is -2.17. The second kappa shape index (κ2) is 8.04. The van der Waals surface area contributed by atoms with E-state index in [0.29, 0.717) is 12.5 Å². The molecule has 0 saturated carbocycles. The van der Waals surface area contributed by atoms with E-state index >= 15 is 0 Å². The largest absolute Gasteiger partial charge is 0.326 e. The number of nitrogens with zero attached hydrogens (tertiary/aromatic N) is 1. The molecule has 1 aliphatic rings. The summed E-state index contributed by atoms with van der Waals surface area (Å²) in [5, 5.41) is 2.94. The van der Waals surface area contributed by atoms with E-state index in [0.717, 1.165) is 22.3 Å². The minimum absolute atomic E-state index is 0.0143. The Kier molecular flexibility index (Phi) is 5.77. The zero-order valence-electron chi connectivity index (χ0n) is 15.0. The van der Waals surface area contributed by atoms with Crippen molar-refractivity contribution in [2.75, 3.05) is 16.8 Å². The summed E-state index contributed by atoms with van der Waals surface area (Å²) >= 11 is 3.39. The van der Waals surface area contributed by atoms with Gasteiger partial charge in [-0.05, 0) is 54.3 Å². The van der Waals surface area contributed by atoms with E-state index in [1.54, 1.807) is 4.90 Å². The SMILES string of the molecule is CC[C@@H](C)c1ccc(NC(=O)[C@H]2CC(=O)N(c3ccc(Br)cc3)C2)cc1. The number of carbonyl (C=O) groups excluding carboxylic acids is 2. The van der Waals surface area contributed by atoms with E-state index in [1.807, 2.05) is 36.4 Å². The Balaban J connectivity index is 1.63. The first kappa shape index (κ1) is 18.6. The molecule has 5 heteroatoms. The number of carbonyl (C=O) groups is 2. The van der Waals surface area contributed by atoms with Crippen LogP contribution in [-0.4, -0.2) is 18.4 Å². The van der Waals surface area contributed by atoms with E-state index in [4.69, 9.17) is 0 Å². The zero-order chi connectivity index (χ0) is 18.7. The van der Waals surface area contributed by atoms with E-state index in [1.165, 1.54) is 5.56 Å². The molecular formula is C21H23BrN2O2. The van der Waals surface area contributed by atoms with Crippen molar-refractivity contribution in [1.29, 1.82) is 0 Å². The minimum atomic E-state index is -0.333. The van der Waals surface area contributed by atoms with E-state index in [-0.39, 0.29) is 24.2 Å². The molecule has 4 nitrogen and oxygen atoms in total. The third-order valence-corrected chi connectivity index (χ3v) is 5.52. The van der Waals surface area contributed by atoms with E-state index in [9.17, 15) is 9.59 Å². The summed E-state index contributed by atoms with van der Waals surface area (Å²) < 4.78 is 0.961. The molecule has 2 aromatic rings. The molecule has 0 unspecified atom stereocenters. The molecule has 0 radical (unpaired) electrons. The van der Waals surface area contributed by atoms with Crippen molar-refractivity contribution < 1.29 is 9.59 Å². The lowest BCUT2D eigenvalue weighted by Crippen LogP contribution is -2.28. The molecule has 0 spiro atoms. The minimum Gasteiger partial charge on any atom is -0.326 e. The molecule has 1 aliphatic heterocycles. The first-order chi connectivity index (χ1) is 12.5. The number of anilines is 2. The lowest BCUT2D eigenvalue weighted by molar-refractivity contribution is -0.122. The first-order valence-corrected chi connectivity index (χ1v) is 9.74. The number of benzene rings is 2. The van der Waals surface area contributed by atoms with Crippen LogP contribution in [0.4, 0.5) is 11.4 Å². The fraction of sp³-hybridized carbons (Fsp3) is 0.333. The van der Waals surface area contributed by atoms with Crippen molar-refractivity contribution in [3.05, 3.63) is 58.6 Å². The molecule has 1 saturated heterocycles. The molecule has 2 amide bonds. The van der Waals surface area contributed by atoms with Crippen LogP contribution < -0.4 is 10.2 Å². The molecule has 1 heterocycles. The van der Waals surface area contributed by atoms with Crippen molar-refractivity contribution >= 4 is 39.1 Å². The van der Waals surface area contributed by atoms with Gasteiger partial charge in [0.25, 0.3) is 0 Å². The number of amides is 2. The van der Waals surface area contributed by atoms with Gasteiger partial charge in [0.15, 0.2) is 0 Å². The van der Waals surface area contributed by atoms with Gasteiger partial charge in [-0.15, -0.1) is 0 Å². The second-order valence-corrected chi connectivity index (χ2v) is 7.72. The molecule has 0 aliphatic carbocycles. The highest BCUT2D eigenvalue weighted by molar-refractivity contribution is 9.10. The number of hydrogen-bond donors (Lipinski definition) is 1. The summed E-state index contributed by atoms with van der Waals surface area (Å²) in [5.74, 6) is 0.0564. The fourth-order valence-electron chi connectivity index (χ4n) is 3.13.